The molecule has 0 aromatic rings. The van der Waals surface area contributed by atoms with E-state index < -0.39 is 0 Å². The van der Waals surface area contributed by atoms with Gasteiger partial charge in [0.1, 0.15) is 14.1 Å². The Morgan fingerprint density at radius 3 is 1.82 bits per heavy atom. The number of hydrogen-bond acceptors (Lipinski definition) is 0. The molecule has 2 fully saturated rings. The summed E-state index contributed by atoms with van der Waals surface area (Å²) in [5, 5.41) is 0. The zero-order valence-corrected chi connectivity index (χ0v) is 19.4. The number of hydrogen-bond donors (Lipinski definition) is 0. The van der Waals surface area contributed by atoms with E-state index in [0.29, 0.717) is 0 Å². The normalized spacial score (nSPS) is 31.2. The molecule has 0 aliphatic heterocycles. The molecule has 2 saturated carbocycles. The van der Waals surface area contributed by atoms with Crippen molar-refractivity contribution in [3.05, 3.63) is 35.5 Å². The molecule has 0 unspecified atom stereocenters. The van der Waals surface area contributed by atoms with Crippen LogP contribution in [0.25, 0.3) is 0 Å². The summed E-state index contributed by atoms with van der Waals surface area (Å²) < 4.78 is 3.40. The third kappa shape index (κ3) is 4.87. The van der Waals surface area contributed by atoms with Crippen LogP contribution < -0.4 is 0 Å². The quantitative estimate of drug-likeness (QED) is 0.438. The highest BCUT2D eigenvalue weighted by atomic mass is 15.3. The Morgan fingerprint density at radius 1 is 0.857 bits per heavy atom. The molecule has 2 heteroatoms. The van der Waals surface area contributed by atoms with Gasteiger partial charge in [-0.15, -0.1) is 0 Å². The van der Waals surface area contributed by atoms with E-state index in [9.17, 15) is 0 Å². The van der Waals surface area contributed by atoms with Gasteiger partial charge in [-0.2, -0.15) is 0 Å². The molecule has 28 heavy (non-hydrogen) atoms. The van der Waals surface area contributed by atoms with Crippen LogP contribution in [0, 0.1) is 17.8 Å². The van der Waals surface area contributed by atoms with Gasteiger partial charge in [-0.3, -0.25) is 0 Å². The molecule has 0 aromatic heterocycles. The molecule has 3 aliphatic rings. The minimum atomic E-state index is 0.803. The Morgan fingerprint density at radius 2 is 1.36 bits per heavy atom. The van der Waals surface area contributed by atoms with Gasteiger partial charge in [0.2, 0.25) is 0 Å². The lowest BCUT2D eigenvalue weighted by Gasteiger charge is -2.43. The first-order valence-corrected chi connectivity index (χ1v) is 11.8. The topological polar surface area (TPSA) is 3.01 Å². The summed E-state index contributed by atoms with van der Waals surface area (Å²) in [7, 11) is 9.13. The van der Waals surface area contributed by atoms with E-state index in [1.54, 1.807) is 0 Å². The SMILES string of the molecule is CC[N+](C)(C)C1CCC(C(=C2C=CC(=[N+](C)C)C=C2)C2CCC(C)CC2)CC1. The Bertz CT molecular complexity index is 639. The van der Waals surface area contributed by atoms with E-state index in [4.69, 9.17) is 0 Å². The molecule has 0 atom stereocenters. The maximum atomic E-state index is 2.44. The second-order valence-corrected chi connectivity index (χ2v) is 10.5. The minimum Gasteiger partial charge on any atom is -0.326 e. The average molecular weight is 385 g/mol. The second-order valence-electron chi connectivity index (χ2n) is 10.5. The van der Waals surface area contributed by atoms with Gasteiger partial charge < -0.3 is 4.48 Å². The molecular weight excluding hydrogens is 340 g/mol. The summed E-state index contributed by atoms with van der Waals surface area (Å²) >= 11 is 0. The molecule has 156 valence electrons. The van der Waals surface area contributed by atoms with Gasteiger partial charge in [0.25, 0.3) is 0 Å². The summed E-state index contributed by atoms with van der Waals surface area (Å²) in [5.41, 5.74) is 4.67. The Labute approximate surface area is 174 Å². The van der Waals surface area contributed by atoms with Gasteiger partial charge in [-0.05, 0) is 80.9 Å². The van der Waals surface area contributed by atoms with Crippen LogP contribution in [0.5, 0.6) is 0 Å². The zero-order chi connectivity index (χ0) is 20.3. The summed E-state index contributed by atoms with van der Waals surface area (Å²) in [4.78, 5) is 0. The van der Waals surface area contributed by atoms with Gasteiger partial charge in [-0.25, -0.2) is 4.58 Å². The molecule has 0 aromatic carbocycles. The molecule has 2 nitrogen and oxygen atoms in total. The van der Waals surface area contributed by atoms with Crippen molar-refractivity contribution in [3.63, 3.8) is 0 Å². The highest BCUT2D eigenvalue weighted by Crippen LogP contribution is 2.44. The Kier molecular flexibility index (Phi) is 7.02. The van der Waals surface area contributed by atoms with Crippen LogP contribution in [0.2, 0.25) is 0 Å². The van der Waals surface area contributed by atoms with Crippen LogP contribution in [0.3, 0.4) is 0 Å². The second kappa shape index (κ2) is 9.11. The molecule has 0 heterocycles. The predicted molar refractivity (Wildman–Crippen MR) is 122 cm³/mol. The number of quaternary nitrogens is 1. The van der Waals surface area contributed by atoms with Gasteiger partial charge in [0.05, 0.1) is 26.7 Å². The molecule has 3 rings (SSSR count). The van der Waals surface area contributed by atoms with Crippen molar-refractivity contribution in [3.8, 4) is 0 Å². The van der Waals surface area contributed by atoms with Gasteiger partial charge in [0, 0.05) is 12.2 Å². The molecule has 0 bridgehead atoms. The minimum absolute atomic E-state index is 0.803. The van der Waals surface area contributed by atoms with Crippen LogP contribution in [0.15, 0.2) is 35.5 Å². The molecule has 0 N–H and O–H groups in total. The first-order chi connectivity index (χ1) is 13.3. The maximum absolute atomic E-state index is 2.44. The third-order valence-corrected chi connectivity index (χ3v) is 8.11. The standard InChI is InChI=1S/C26H44N2/c1-7-28(5,6)25-18-14-23(15-19-25)26(21-10-8-20(2)9-11-21)22-12-16-24(17-13-22)27(3)4/h12-13,16-17,20-21,23,25H,7-11,14-15,18-19H2,1-6H3/q+2. The van der Waals surface area contributed by atoms with Crippen molar-refractivity contribution >= 4 is 5.71 Å². The smallest absolute Gasteiger partial charge is 0.199 e. The molecular formula is C26H44N2+2. The zero-order valence-electron chi connectivity index (χ0n) is 19.4. The van der Waals surface area contributed by atoms with Gasteiger partial charge in [-0.1, -0.05) is 25.3 Å². The van der Waals surface area contributed by atoms with Gasteiger partial charge >= 0.3 is 0 Å². The fourth-order valence-corrected chi connectivity index (χ4v) is 5.67. The van der Waals surface area contributed by atoms with Crippen LogP contribution in [-0.4, -0.2) is 55.5 Å². The van der Waals surface area contributed by atoms with Crippen LogP contribution in [0.4, 0.5) is 0 Å². The molecule has 0 amide bonds. The fourth-order valence-electron chi connectivity index (χ4n) is 5.67. The third-order valence-electron chi connectivity index (χ3n) is 8.11. The van der Waals surface area contributed by atoms with Crippen molar-refractivity contribution in [1.82, 2.24) is 0 Å². The highest BCUT2D eigenvalue weighted by molar-refractivity contribution is 6.02. The van der Waals surface area contributed by atoms with Crippen molar-refractivity contribution in [1.29, 1.82) is 0 Å². The Balaban J connectivity index is 1.83. The molecule has 0 saturated heterocycles. The van der Waals surface area contributed by atoms with E-state index in [0.717, 1.165) is 23.8 Å². The first kappa shape index (κ1) is 21.6. The fraction of sp³-hybridized carbons (Fsp3) is 0.731. The van der Waals surface area contributed by atoms with E-state index >= 15 is 0 Å². The van der Waals surface area contributed by atoms with Crippen molar-refractivity contribution < 1.29 is 9.06 Å². The molecule has 3 aliphatic carbocycles. The Hall–Kier alpha value is -1.15. The van der Waals surface area contributed by atoms with Gasteiger partial charge in [0.15, 0.2) is 5.71 Å². The molecule has 0 spiro atoms. The van der Waals surface area contributed by atoms with Crippen molar-refractivity contribution in [2.24, 2.45) is 17.8 Å². The van der Waals surface area contributed by atoms with E-state index in [-0.39, 0.29) is 0 Å². The number of allylic oxidation sites excluding steroid dienone is 6. The van der Waals surface area contributed by atoms with Crippen LogP contribution in [0.1, 0.15) is 65.2 Å². The summed E-state index contributed by atoms with van der Waals surface area (Å²) in [6.07, 6.45) is 20.7. The van der Waals surface area contributed by atoms with Crippen LogP contribution in [-0.2, 0) is 0 Å². The monoisotopic (exact) mass is 384 g/mol. The highest BCUT2D eigenvalue weighted by Gasteiger charge is 2.36. The summed E-state index contributed by atoms with van der Waals surface area (Å²) in [6, 6.07) is 0.852. The molecule has 0 radical (unpaired) electrons. The largest absolute Gasteiger partial charge is 0.326 e. The average Bonchev–Trinajstić information content (AvgIpc) is 2.70. The predicted octanol–water partition coefficient (Wildman–Crippen LogP) is 5.60. The maximum Gasteiger partial charge on any atom is 0.199 e. The van der Waals surface area contributed by atoms with Crippen molar-refractivity contribution in [2.45, 2.75) is 71.3 Å². The lowest BCUT2D eigenvalue weighted by Crippen LogP contribution is -2.50. The van der Waals surface area contributed by atoms with E-state index in [1.807, 2.05) is 5.57 Å². The first-order valence-electron chi connectivity index (χ1n) is 11.8. The lowest BCUT2D eigenvalue weighted by atomic mass is 9.69. The van der Waals surface area contributed by atoms with Crippen molar-refractivity contribution in [2.75, 3.05) is 34.7 Å². The summed E-state index contributed by atoms with van der Waals surface area (Å²) in [6.45, 7) is 6.04. The van der Waals surface area contributed by atoms with Crippen LogP contribution >= 0.6 is 0 Å². The number of nitrogens with zero attached hydrogens (tertiary/aromatic N) is 2. The summed E-state index contributed by atoms with van der Waals surface area (Å²) in [5.74, 6) is 2.54. The van der Waals surface area contributed by atoms with E-state index in [1.165, 1.54) is 73.7 Å². The lowest BCUT2D eigenvalue weighted by molar-refractivity contribution is -0.914. The number of rotatable bonds is 4. The van der Waals surface area contributed by atoms with E-state index in [2.05, 4.69) is 70.9 Å².